The average Bonchev–Trinajstić information content (AvgIpc) is 3.38. The number of hydrogen-bond acceptors (Lipinski definition) is 5. The standard InChI is InChI=1S/C19H18N4O3/c24-19-23(15-5-1-2-6-17(15)26-19)11-16-18-14(20-12-21-18)7-8-22(16)10-13-4-3-9-25-13/h1-6,9,12,16H,7-8,10-11H2,(H,20,21)/t16-/m0/s1. The van der Waals surface area contributed by atoms with Crippen molar-refractivity contribution in [2.75, 3.05) is 6.54 Å². The molecule has 1 N–H and O–H groups in total. The van der Waals surface area contributed by atoms with Crippen LogP contribution in [0.2, 0.25) is 0 Å². The van der Waals surface area contributed by atoms with Crippen molar-refractivity contribution in [2.24, 2.45) is 0 Å². The monoisotopic (exact) mass is 350 g/mol. The fourth-order valence-corrected chi connectivity index (χ4v) is 3.76. The first-order chi connectivity index (χ1) is 12.8. The summed E-state index contributed by atoms with van der Waals surface area (Å²) < 4.78 is 12.6. The quantitative estimate of drug-likeness (QED) is 0.612. The molecule has 3 aromatic heterocycles. The minimum Gasteiger partial charge on any atom is -0.468 e. The Balaban J connectivity index is 1.55. The number of imidazole rings is 1. The summed E-state index contributed by atoms with van der Waals surface area (Å²) in [6.07, 6.45) is 4.31. The fraction of sp³-hybridized carbons (Fsp3) is 0.263. The molecule has 1 aliphatic heterocycles. The molecule has 1 aromatic carbocycles. The van der Waals surface area contributed by atoms with E-state index in [2.05, 4.69) is 14.9 Å². The normalized spacial score (nSPS) is 17.6. The second kappa shape index (κ2) is 6.03. The van der Waals surface area contributed by atoms with E-state index in [9.17, 15) is 4.79 Å². The SMILES string of the molecule is O=c1oc2ccccc2n1C[C@H]1c2nc[nH]c2CCN1Cc1ccco1. The highest BCUT2D eigenvalue weighted by Gasteiger charge is 2.31. The molecule has 0 bridgehead atoms. The average molecular weight is 350 g/mol. The molecule has 5 rings (SSSR count). The molecule has 0 saturated heterocycles. The van der Waals surface area contributed by atoms with Gasteiger partial charge >= 0.3 is 5.76 Å². The van der Waals surface area contributed by atoms with Gasteiger partial charge in [-0.15, -0.1) is 0 Å². The zero-order valence-corrected chi connectivity index (χ0v) is 14.1. The number of nitrogens with zero attached hydrogens (tertiary/aromatic N) is 3. The number of oxazole rings is 1. The Morgan fingerprint density at radius 1 is 1.23 bits per heavy atom. The molecule has 1 atom stereocenters. The van der Waals surface area contributed by atoms with Crippen LogP contribution < -0.4 is 5.76 Å². The summed E-state index contributed by atoms with van der Waals surface area (Å²) in [5.41, 5.74) is 3.53. The van der Waals surface area contributed by atoms with Gasteiger partial charge in [-0.25, -0.2) is 9.78 Å². The van der Waals surface area contributed by atoms with Crippen molar-refractivity contribution in [3.63, 3.8) is 0 Å². The maximum atomic E-state index is 12.4. The number of furan rings is 1. The smallest absolute Gasteiger partial charge is 0.420 e. The molecule has 1 aliphatic rings. The van der Waals surface area contributed by atoms with Gasteiger partial charge in [0.1, 0.15) is 5.76 Å². The van der Waals surface area contributed by atoms with Crippen LogP contribution in [0.5, 0.6) is 0 Å². The van der Waals surface area contributed by atoms with Crippen molar-refractivity contribution in [3.05, 3.63) is 76.7 Å². The Hall–Kier alpha value is -3.06. The second-order valence-electron chi connectivity index (χ2n) is 6.53. The third-order valence-electron chi connectivity index (χ3n) is 5.03. The van der Waals surface area contributed by atoms with Crippen molar-refractivity contribution >= 4 is 11.1 Å². The van der Waals surface area contributed by atoms with Crippen molar-refractivity contribution in [1.82, 2.24) is 19.4 Å². The van der Waals surface area contributed by atoms with Crippen LogP contribution >= 0.6 is 0 Å². The molecule has 132 valence electrons. The third-order valence-corrected chi connectivity index (χ3v) is 5.03. The highest BCUT2D eigenvalue weighted by atomic mass is 16.4. The third kappa shape index (κ3) is 2.48. The van der Waals surface area contributed by atoms with Crippen LogP contribution in [0.4, 0.5) is 0 Å². The van der Waals surface area contributed by atoms with Crippen LogP contribution in [0, 0.1) is 0 Å². The molecule has 7 heteroatoms. The number of rotatable bonds is 4. The Kier molecular flexibility index (Phi) is 3.53. The summed E-state index contributed by atoms with van der Waals surface area (Å²) >= 11 is 0. The summed E-state index contributed by atoms with van der Waals surface area (Å²) in [5.74, 6) is 0.560. The number of fused-ring (bicyclic) bond motifs is 2. The molecule has 0 saturated carbocycles. The lowest BCUT2D eigenvalue weighted by molar-refractivity contribution is 0.142. The van der Waals surface area contributed by atoms with E-state index in [1.54, 1.807) is 17.2 Å². The number of aromatic nitrogens is 3. The number of H-pyrrole nitrogens is 1. The molecular formula is C19H18N4O3. The first-order valence-electron chi connectivity index (χ1n) is 8.66. The van der Waals surface area contributed by atoms with Crippen LogP contribution in [-0.2, 0) is 19.5 Å². The lowest BCUT2D eigenvalue weighted by atomic mass is 10.0. The minimum atomic E-state index is -0.341. The lowest BCUT2D eigenvalue weighted by Crippen LogP contribution is -2.38. The molecule has 0 fully saturated rings. The Bertz CT molecular complexity index is 1090. The largest absolute Gasteiger partial charge is 0.468 e. The van der Waals surface area contributed by atoms with Crippen LogP contribution in [0.15, 0.2) is 62.6 Å². The van der Waals surface area contributed by atoms with Crippen molar-refractivity contribution in [1.29, 1.82) is 0 Å². The molecule has 4 heterocycles. The molecule has 0 aliphatic carbocycles. The van der Waals surface area contributed by atoms with Crippen LogP contribution in [0.25, 0.3) is 11.1 Å². The maximum Gasteiger partial charge on any atom is 0.420 e. The van der Waals surface area contributed by atoms with Gasteiger partial charge in [0.25, 0.3) is 0 Å². The summed E-state index contributed by atoms with van der Waals surface area (Å²) in [7, 11) is 0. The first-order valence-corrected chi connectivity index (χ1v) is 8.66. The van der Waals surface area contributed by atoms with Crippen molar-refractivity contribution in [3.8, 4) is 0 Å². The van der Waals surface area contributed by atoms with E-state index in [1.807, 2.05) is 36.4 Å². The van der Waals surface area contributed by atoms with Gasteiger partial charge in [0.15, 0.2) is 5.58 Å². The number of para-hydroxylation sites is 2. The predicted molar refractivity (Wildman–Crippen MR) is 94.6 cm³/mol. The number of nitrogens with one attached hydrogen (secondary N) is 1. The maximum absolute atomic E-state index is 12.4. The van der Waals surface area contributed by atoms with Crippen LogP contribution in [0.3, 0.4) is 0 Å². The molecule has 7 nitrogen and oxygen atoms in total. The molecular weight excluding hydrogens is 332 g/mol. The van der Waals surface area contributed by atoms with E-state index in [0.717, 1.165) is 35.6 Å². The zero-order chi connectivity index (χ0) is 17.5. The molecule has 0 radical (unpaired) electrons. The van der Waals surface area contributed by atoms with Gasteiger partial charge in [-0.05, 0) is 24.3 Å². The van der Waals surface area contributed by atoms with E-state index in [-0.39, 0.29) is 11.8 Å². The summed E-state index contributed by atoms with van der Waals surface area (Å²) in [6, 6.07) is 11.3. The fourth-order valence-electron chi connectivity index (χ4n) is 3.76. The van der Waals surface area contributed by atoms with Gasteiger partial charge in [-0.3, -0.25) is 9.47 Å². The number of hydrogen-bond donors (Lipinski definition) is 1. The molecule has 0 spiro atoms. The van der Waals surface area contributed by atoms with Gasteiger partial charge in [0, 0.05) is 18.7 Å². The molecule has 4 aromatic rings. The Morgan fingerprint density at radius 3 is 3.04 bits per heavy atom. The van der Waals surface area contributed by atoms with Gasteiger partial charge in [0.05, 0.1) is 42.9 Å². The van der Waals surface area contributed by atoms with Crippen LogP contribution in [-0.4, -0.2) is 26.0 Å². The summed E-state index contributed by atoms with van der Waals surface area (Å²) in [5, 5.41) is 0. The number of benzene rings is 1. The minimum absolute atomic E-state index is 0.0335. The van der Waals surface area contributed by atoms with Crippen LogP contribution in [0.1, 0.15) is 23.2 Å². The Morgan fingerprint density at radius 2 is 2.15 bits per heavy atom. The van der Waals surface area contributed by atoms with E-state index < -0.39 is 0 Å². The van der Waals surface area contributed by atoms with E-state index in [4.69, 9.17) is 8.83 Å². The lowest BCUT2D eigenvalue weighted by Gasteiger charge is -2.34. The van der Waals surface area contributed by atoms with Crippen molar-refractivity contribution in [2.45, 2.75) is 25.6 Å². The summed E-state index contributed by atoms with van der Waals surface area (Å²) in [4.78, 5) is 22.5. The molecule has 0 amide bonds. The summed E-state index contributed by atoms with van der Waals surface area (Å²) in [6.45, 7) is 2.02. The predicted octanol–water partition coefficient (Wildman–Crippen LogP) is 2.71. The van der Waals surface area contributed by atoms with Gasteiger partial charge in [0.2, 0.25) is 0 Å². The zero-order valence-electron chi connectivity index (χ0n) is 14.1. The van der Waals surface area contributed by atoms with E-state index in [1.165, 1.54) is 0 Å². The highest BCUT2D eigenvalue weighted by Crippen LogP contribution is 2.31. The topological polar surface area (TPSA) is 80.2 Å². The Labute approximate surface area is 148 Å². The van der Waals surface area contributed by atoms with Gasteiger partial charge in [-0.2, -0.15) is 0 Å². The van der Waals surface area contributed by atoms with Gasteiger partial charge < -0.3 is 13.8 Å². The molecule has 0 unspecified atom stereocenters. The second-order valence-corrected chi connectivity index (χ2v) is 6.53. The molecule has 26 heavy (non-hydrogen) atoms. The highest BCUT2D eigenvalue weighted by molar-refractivity contribution is 5.72. The number of aromatic amines is 1. The van der Waals surface area contributed by atoms with E-state index >= 15 is 0 Å². The van der Waals surface area contributed by atoms with Gasteiger partial charge in [-0.1, -0.05) is 12.1 Å². The van der Waals surface area contributed by atoms with Crippen molar-refractivity contribution < 1.29 is 8.83 Å². The van der Waals surface area contributed by atoms with E-state index in [0.29, 0.717) is 18.7 Å². The first kappa shape index (κ1) is 15.2.